The SMILES string of the molecule is CN1CCOc2cc(NC(=O)C3CCCO3)ccc21. The first-order chi connectivity index (χ1) is 9.24. The maximum atomic E-state index is 12.0. The molecule has 3 rings (SSSR count). The first-order valence-corrected chi connectivity index (χ1v) is 6.64. The van der Waals surface area contributed by atoms with Crippen LogP contribution in [-0.4, -0.2) is 38.8 Å². The fraction of sp³-hybridized carbons (Fsp3) is 0.500. The van der Waals surface area contributed by atoms with Gasteiger partial charge in [0.25, 0.3) is 5.91 Å². The van der Waals surface area contributed by atoms with Gasteiger partial charge in [-0.2, -0.15) is 0 Å². The van der Waals surface area contributed by atoms with Gasteiger partial charge in [0.05, 0.1) is 12.2 Å². The monoisotopic (exact) mass is 262 g/mol. The second kappa shape index (κ2) is 5.09. The average molecular weight is 262 g/mol. The van der Waals surface area contributed by atoms with Gasteiger partial charge in [-0.3, -0.25) is 4.79 Å². The molecule has 1 N–H and O–H groups in total. The number of carbonyl (C=O) groups excluding carboxylic acids is 1. The van der Waals surface area contributed by atoms with Gasteiger partial charge in [-0.15, -0.1) is 0 Å². The number of anilines is 2. The average Bonchev–Trinajstić information content (AvgIpc) is 2.93. The number of hydrogen-bond donors (Lipinski definition) is 1. The molecule has 5 heteroatoms. The van der Waals surface area contributed by atoms with Crippen LogP contribution in [0.5, 0.6) is 5.75 Å². The van der Waals surface area contributed by atoms with Gasteiger partial charge in [-0.25, -0.2) is 0 Å². The Morgan fingerprint density at radius 2 is 2.32 bits per heavy atom. The van der Waals surface area contributed by atoms with Crippen molar-refractivity contribution < 1.29 is 14.3 Å². The standard InChI is InChI=1S/C14H18N2O3/c1-16-6-8-19-13-9-10(4-5-11(13)16)15-14(17)12-3-2-7-18-12/h4-5,9,12H,2-3,6-8H2,1H3,(H,15,17). The van der Waals surface area contributed by atoms with E-state index in [-0.39, 0.29) is 12.0 Å². The predicted octanol–water partition coefficient (Wildman–Crippen LogP) is 1.63. The minimum absolute atomic E-state index is 0.0679. The number of nitrogens with one attached hydrogen (secondary N) is 1. The molecule has 5 nitrogen and oxygen atoms in total. The first kappa shape index (κ1) is 12.3. The molecule has 2 heterocycles. The van der Waals surface area contributed by atoms with E-state index in [1.54, 1.807) is 0 Å². The summed E-state index contributed by atoms with van der Waals surface area (Å²) < 4.78 is 11.0. The van der Waals surface area contributed by atoms with Crippen LogP contribution in [0.2, 0.25) is 0 Å². The van der Waals surface area contributed by atoms with Crippen molar-refractivity contribution in [2.45, 2.75) is 18.9 Å². The normalized spacial score (nSPS) is 21.7. The number of amides is 1. The van der Waals surface area contributed by atoms with Gasteiger partial charge >= 0.3 is 0 Å². The molecular weight excluding hydrogens is 244 g/mol. The van der Waals surface area contributed by atoms with Crippen LogP contribution in [0.4, 0.5) is 11.4 Å². The number of benzene rings is 1. The third-order valence-corrected chi connectivity index (χ3v) is 3.54. The van der Waals surface area contributed by atoms with Crippen LogP contribution in [0.25, 0.3) is 0 Å². The van der Waals surface area contributed by atoms with E-state index in [4.69, 9.17) is 9.47 Å². The number of hydrogen-bond acceptors (Lipinski definition) is 4. The third-order valence-electron chi connectivity index (χ3n) is 3.54. The molecule has 1 fully saturated rings. The largest absolute Gasteiger partial charge is 0.489 e. The van der Waals surface area contributed by atoms with Gasteiger partial charge in [0.2, 0.25) is 0 Å². The zero-order valence-corrected chi connectivity index (χ0v) is 11.0. The lowest BCUT2D eigenvalue weighted by Crippen LogP contribution is -2.29. The molecule has 2 aliphatic heterocycles. The maximum absolute atomic E-state index is 12.0. The highest BCUT2D eigenvalue weighted by Gasteiger charge is 2.24. The van der Waals surface area contributed by atoms with Crippen molar-refractivity contribution >= 4 is 17.3 Å². The van der Waals surface area contributed by atoms with Crippen LogP contribution < -0.4 is 15.0 Å². The van der Waals surface area contributed by atoms with Crippen LogP contribution in [0.1, 0.15) is 12.8 Å². The molecule has 0 bridgehead atoms. The number of nitrogens with zero attached hydrogens (tertiary/aromatic N) is 1. The molecule has 1 unspecified atom stereocenters. The molecule has 1 aromatic carbocycles. The second-order valence-corrected chi connectivity index (χ2v) is 4.94. The van der Waals surface area contributed by atoms with Crippen molar-refractivity contribution in [2.24, 2.45) is 0 Å². The van der Waals surface area contributed by atoms with Crippen molar-refractivity contribution in [1.29, 1.82) is 0 Å². The fourth-order valence-corrected chi connectivity index (χ4v) is 2.44. The van der Waals surface area contributed by atoms with Crippen LogP contribution in [0.15, 0.2) is 18.2 Å². The molecule has 1 aromatic rings. The van der Waals surface area contributed by atoms with Gasteiger partial charge in [0.1, 0.15) is 18.5 Å². The fourth-order valence-electron chi connectivity index (χ4n) is 2.44. The number of rotatable bonds is 2. The summed E-state index contributed by atoms with van der Waals surface area (Å²) >= 11 is 0. The molecule has 2 aliphatic rings. The molecule has 1 amide bonds. The highest BCUT2D eigenvalue weighted by Crippen LogP contribution is 2.33. The summed E-state index contributed by atoms with van der Waals surface area (Å²) in [7, 11) is 2.03. The van der Waals surface area contributed by atoms with Crippen molar-refractivity contribution in [3.8, 4) is 5.75 Å². The van der Waals surface area contributed by atoms with Crippen molar-refractivity contribution in [3.05, 3.63) is 18.2 Å². The summed E-state index contributed by atoms with van der Waals surface area (Å²) in [4.78, 5) is 14.1. The lowest BCUT2D eigenvalue weighted by molar-refractivity contribution is -0.124. The minimum Gasteiger partial charge on any atom is -0.489 e. The van der Waals surface area contributed by atoms with Crippen molar-refractivity contribution in [1.82, 2.24) is 0 Å². The Hall–Kier alpha value is -1.75. The van der Waals surface area contributed by atoms with Crippen molar-refractivity contribution in [3.63, 3.8) is 0 Å². The van der Waals surface area contributed by atoms with E-state index < -0.39 is 0 Å². The Balaban J connectivity index is 1.73. The Morgan fingerprint density at radius 3 is 3.11 bits per heavy atom. The molecule has 19 heavy (non-hydrogen) atoms. The number of fused-ring (bicyclic) bond motifs is 1. The molecule has 1 saturated heterocycles. The van der Waals surface area contributed by atoms with E-state index in [1.807, 2.05) is 25.2 Å². The summed E-state index contributed by atoms with van der Waals surface area (Å²) in [5, 5.41) is 2.89. The van der Waals surface area contributed by atoms with Crippen LogP contribution in [0.3, 0.4) is 0 Å². The summed E-state index contributed by atoms with van der Waals surface area (Å²) in [6, 6.07) is 5.74. The number of likely N-dealkylation sites (N-methyl/N-ethyl adjacent to an activating group) is 1. The Labute approximate surface area is 112 Å². The topological polar surface area (TPSA) is 50.8 Å². The molecule has 0 aliphatic carbocycles. The van der Waals surface area contributed by atoms with Crippen LogP contribution in [-0.2, 0) is 9.53 Å². The quantitative estimate of drug-likeness (QED) is 0.880. The minimum atomic E-state index is -0.306. The smallest absolute Gasteiger partial charge is 0.253 e. The molecular formula is C14H18N2O3. The first-order valence-electron chi connectivity index (χ1n) is 6.64. The zero-order valence-electron chi connectivity index (χ0n) is 11.0. The van der Waals surface area contributed by atoms with Gasteiger partial charge < -0.3 is 19.7 Å². The van der Waals surface area contributed by atoms with E-state index >= 15 is 0 Å². The van der Waals surface area contributed by atoms with Gasteiger partial charge in [0, 0.05) is 25.4 Å². The Kier molecular flexibility index (Phi) is 3.29. The van der Waals surface area contributed by atoms with E-state index in [9.17, 15) is 4.79 Å². The van der Waals surface area contributed by atoms with Gasteiger partial charge in [-0.05, 0) is 25.0 Å². The van der Waals surface area contributed by atoms with E-state index in [2.05, 4.69) is 10.2 Å². The molecule has 1 atom stereocenters. The maximum Gasteiger partial charge on any atom is 0.253 e. The Bertz CT molecular complexity index is 484. The van der Waals surface area contributed by atoms with Crippen LogP contribution >= 0.6 is 0 Å². The summed E-state index contributed by atoms with van der Waals surface area (Å²) in [6.45, 7) is 2.23. The highest BCUT2D eigenvalue weighted by molar-refractivity contribution is 5.94. The molecule has 0 spiro atoms. The summed E-state index contributed by atoms with van der Waals surface area (Å²) in [5.74, 6) is 0.750. The van der Waals surface area contributed by atoms with Gasteiger partial charge in [-0.1, -0.05) is 0 Å². The zero-order chi connectivity index (χ0) is 13.2. The molecule has 0 saturated carbocycles. The van der Waals surface area contributed by atoms with E-state index in [0.717, 1.165) is 36.5 Å². The number of carbonyl (C=O) groups is 1. The van der Waals surface area contributed by atoms with E-state index in [1.165, 1.54) is 0 Å². The molecule has 102 valence electrons. The number of ether oxygens (including phenoxy) is 2. The lowest BCUT2D eigenvalue weighted by Gasteiger charge is -2.28. The summed E-state index contributed by atoms with van der Waals surface area (Å²) in [6.07, 6.45) is 1.45. The highest BCUT2D eigenvalue weighted by atomic mass is 16.5. The summed E-state index contributed by atoms with van der Waals surface area (Å²) in [5.41, 5.74) is 1.82. The Morgan fingerprint density at radius 1 is 1.42 bits per heavy atom. The lowest BCUT2D eigenvalue weighted by atomic mass is 10.2. The van der Waals surface area contributed by atoms with Crippen molar-refractivity contribution in [2.75, 3.05) is 37.0 Å². The van der Waals surface area contributed by atoms with Crippen LogP contribution in [0, 0.1) is 0 Å². The predicted molar refractivity (Wildman–Crippen MR) is 72.8 cm³/mol. The molecule has 0 aromatic heterocycles. The second-order valence-electron chi connectivity index (χ2n) is 4.94. The third kappa shape index (κ3) is 2.51. The van der Waals surface area contributed by atoms with E-state index in [0.29, 0.717) is 13.2 Å². The van der Waals surface area contributed by atoms with Gasteiger partial charge in [0.15, 0.2) is 0 Å². The molecule has 0 radical (unpaired) electrons.